The van der Waals surface area contributed by atoms with E-state index in [-0.39, 0.29) is 20.1 Å². The molecule has 0 unspecified atom stereocenters. The molecule has 0 saturated heterocycles. The number of benzene rings is 1. The molecular formula is C11H9IrN. The van der Waals surface area contributed by atoms with Gasteiger partial charge in [-0.3, -0.25) is 4.98 Å². The van der Waals surface area contributed by atoms with Crippen molar-refractivity contribution < 1.29 is 20.1 Å². The van der Waals surface area contributed by atoms with Crippen LogP contribution in [0.5, 0.6) is 0 Å². The molecule has 0 amide bonds. The summed E-state index contributed by atoms with van der Waals surface area (Å²) >= 11 is 0. The zero-order valence-corrected chi connectivity index (χ0v) is 9.37. The van der Waals surface area contributed by atoms with Gasteiger partial charge in [0.15, 0.2) is 0 Å². The van der Waals surface area contributed by atoms with Gasteiger partial charge in [-0.2, -0.15) is 0 Å². The van der Waals surface area contributed by atoms with Gasteiger partial charge in [-0.05, 0) is 17.2 Å². The van der Waals surface area contributed by atoms with Crippen LogP contribution in [0.15, 0.2) is 54.9 Å². The van der Waals surface area contributed by atoms with E-state index in [4.69, 9.17) is 0 Å². The number of aromatic nitrogens is 1. The average molecular weight is 347 g/mol. The second kappa shape index (κ2) is 4.90. The predicted molar refractivity (Wildman–Crippen MR) is 49.7 cm³/mol. The summed E-state index contributed by atoms with van der Waals surface area (Å²) in [5.74, 6) is 0. The van der Waals surface area contributed by atoms with Gasteiger partial charge in [0.1, 0.15) is 0 Å². The normalized spacial score (nSPS) is 8.92. The molecule has 13 heavy (non-hydrogen) atoms. The summed E-state index contributed by atoms with van der Waals surface area (Å²) in [5.41, 5.74) is 2.38. The maximum absolute atomic E-state index is 4.06. The first-order chi connectivity index (χ1) is 5.97. The molecule has 0 aliphatic carbocycles. The molecule has 0 N–H and O–H groups in total. The fraction of sp³-hybridized carbons (Fsp3) is 0. The fourth-order valence-corrected chi connectivity index (χ4v) is 1.16. The number of nitrogens with zero attached hydrogens (tertiary/aromatic N) is 1. The van der Waals surface area contributed by atoms with Gasteiger partial charge in [-0.25, -0.2) is 0 Å². The van der Waals surface area contributed by atoms with E-state index in [0.29, 0.717) is 0 Å². The first-order valence-corrected chi connectivity index (χ1v) is 3.92. The Morgan fingerprint density at radius 2 is 1.46 bits per heavy atom. The van der Waals surface area contributed by atoms with Crippen molar-refractivity contribution in [3.63, 3.8) is 0 Å². The SMILES string of the molecule is [Ir].c1ccc(-c2cccnc2)cc1. The smallest absolute Gasteiger partial charge is 0.0346 e. The maximum atomic E-state index is 4.06. The third-order valence-electron chi connectivity index (χ3n) is 1.77. The van der Waals surface area contributed by atoms with E-state index in [9.17, 15) is 0 Å². The van der Waals surface area contributed by atoms with Crippen molar-refractivity contribution in [1.82, 2.24) is 4.98 Å². The van der Waals surface area contributed by atoms with Crippen LogP contribution in [0.3, 0.4) is 0 Å². The summed E-state index contributed by atoms with van der Waals surface area (Å²) in [6.07, 6.45) is 3.65. The molecule has 0 atom stereocenters. The van der Waals surface area contributed by atoms with Crippen LogP contribution >= 0.6 is 0 Å². The molecule has 0 bridgehead atoms. The third kappa shape index (κ3) is 2.48. The molecule has 0 aliphatic rings. The van der Waals surface area contributed by atoms with E-state index in [1.165, 1.54) is 5.56 Å². The molecule has 2 rings (SSSR count). The summed E-state index contributed by atoms with van der Waals surface area (Å²) in [7, 11) is 0. The Kier molecular flexibility index (Phi) is 3.81. The minimum absolute atomic E-state index is 0. The van der Waals surface area contributed by atoms with Gasteiger partial charge in [-0.15, -0.1) is 0 Å². The molecule has 2 aromatic rings. The molecule has 1 aromatic carbocycles. The molecule has 1 radical (unpaired) electrons. The fourth-order valence-electron chi connectivity index (χ4n) is 1.16. The van der Waals surface area contributed by atoms with Crippen molar-refractivity contribution in [1.29, 1.82) is 0 Å². The molecule has 1 aromatic heterocycles. The number of rotatable bonds is 1. The van der Waals surface area contributed by atoms with Crippen LogP contribution in [0.4, 0.5) is 0 Å². The predicted octanol–water partition coefficient (Wildman–Crippen LogP) is 2.75. The van der Waals surface area contributed by atoms with Crippen LogP contribution in [0.1, 0.15) is 0 Å². The van der Waals surface area contributed by atoms with Gasteiger partial charge < -0.3 is 0 Å². The minimum Gasteiger partial charge on any atom is -0.264 e. The van der Waals surface area contributed by atoms with Crippen molar-refractivity contribution in [2.45, 2.75) is 0 Å². The molecule has 1 heterocycles. The van der Waals surface area contributed by atoms with Crippen molar-refractivity contribution in [3.05, 3.63) is 54.9 Å². The monoisotopic (exact) mass is 348 g/mol. The van der Waals surface area contributed by atoms with Gasteiger partial charge in [0, 0.05) is 32.5 Å². The van der Waals surface area contributed by atoms with E-state index in [1.54, 1.807) is 6.20 Å². The van der Waals surface area contributed by atoms with Gasteiger partial charge >= 0.3 is 0 Å². The molecular weight excluding hydrogens is 338 g/mol. The Labute approximate surface area is 91.2 Å². The molecule has 2 heteroatoms. The topological polar surface area (TPSA) is 12.9 Å². The zero-order valence-electron chi connectivity index (χ0n) is 6.98. The van der Waals surface area contributed by atoms with E-state index in [0.717, 1.165) is 5.56 Å². The molecule has 0 spiro atoms. The Hall–Kier alpha value is -0.981. The first kappa shape index (κ1) is 10.1. The third-order valence-corrected chi connectivity index (χ3v) is 1.77. The molecule has 0 aliphatic heterocycles. The molecule has 0 saturated carbocycles. The van der Waals surface area contributed by atoms with Gasteiger partial charge in [-0.1, -0.05) is 36.4 Å². The summed E-state index contributed by atoms with van der Waals surface area (Å²) in [5, 5.41) is 0. The maximum Gasteiger partial charge on any atom is 0.0346 e. The summed E-state index contributed by atoms with van der Waals surface area (Å²) in [4.78, 5) is 4.06. The Balaban J connectivity index is 0.000000845. The van der Waals surface area contributed by atoms with Crippen LogP contribution in [0, 0.1) is 0 Å². The van der Waals surface area contributed by atoms with Crippen molar-refractivity contribution in [2.24, 2.45) is 0 Å². The largest absolute Gasteiger partial charge is 0.264 e. The van der Waals surface area contributed by atoms with Crippen LogP contribution < -0.4 is 0 Å². The molecule has 0 fully saturated rings. The van der Waals surface area contributed by atoms with Gasteiger partial charge in [0.25, 0.3) is 0 Å². The standard InChI is InChI=1S/C11H9N.Ir/c1-2-5-10(6-3-1)11-7-4-8-12-9-11;/h1-9H;. The second-order valence-electron chi connectivity index (χ2n) is 2.61. The average Bonchev–Trinajstić information content (AvgIpc) is 2.21. The number of pyridine rings is 1. The Morgan fingerprint density at radius 3 is 2.08 bits per heavy atom. The molecule has 1 nitrogen and oxygen atoms in total. The first-order valence-electron chi connectivity index (χ1n) is 3.92. The summed E-state index contributed by atoms with van der Waals surface area (Å²) in [6, 6.07) is 14.2. The van der Waals surface area contributed by atoms with E-state index < -0.39 is 0 Å². The van der Waals surface area contributed by atoms with E-state index >= 15 is 0 Å². The Bertz CT molecular complexity index is 307. The summed E-state index contributed by atoms with van der Waals surface area (Å²) in [6.45, 7) is 0. The zero-order chi connectivity index (χ0) is 8.23. The summed E-state index contributed by atoms with van der Waals surface area (Å²) < 4.78 is 0. The van der Waals surface area contributed by atoms with Crippen LogP contribution in [-0.4, -0.2) is 4.98 Å². The van der Waals surface area contributed by atoms with Crippen LogP contribution in [-0.2, 0) is 20.1 Å². The number of hydrogen-bond donors (Lipinski definition) is 0. The Morgan fingerprint density at radius 1 is 0.769 bits per heavy atom. The van der Waals surface area contributed by atoms with Crippen molar-refractivity contribution in [3.8, 4) is 11.1 Å². The van der Waals surface area contributed by atoms with Gasteiger partial charge in [0.05, 0.1) is 0 Å². The number of hydrogen-bond acceptors (Lipinski definition) is 1. The minimum atomic E-state index is 0. The second-order valence-corrected chi connectivity index (χ2v) is 2.61. The van der Waals surface area contributed by atoms with E-state index in [2.05, 4.69) is 23.2 Å². The van der Waals surface area contributed by atoms with Crippen LogP contribution in [0.2, 0.25) is 0 Å². The quantitative estimate of drug-likeness (QED) is 0.773. The van der Waals surface area contributed by atoms with E-state index in [1.807, 2.05) is 30.5 Å². The molecule has 67 valence electrons. The van der Waals surface area contributed by atoms with Gasteiger partial charge in [0.2, 0.25) is 0 Å². The van der Waals surface area contributed by atoms with Crippen LogP contribution in [0.25, 0.3) is 11.1 Å². The van der Waals surface area contributed by atoms with Crippen molar-refractivity contribution >= 4 is 0 Å². The van der Waals surface area contributed by atoms with Crippen molar-refractivity contribution in [2.75, 3.05) is 0 Å².